The Bertz CT molecular complexity index is 184. The normalized spacial score (nSPS) is 25.4. The molecular weight excluding hydrogens is 216 g/mol. The van der Waals surface area contributed by atoms with Crippen molar-refractivity contribution in [3.05, 3.63) is 0 Å². The fourth-order valence-corrected chi connectivity index (χ4v) is 1.72. The molecule has 1 saturated carbocycles. The van der Waals surface area contributed by atoms with Crippen molar-refractivity contribution in [2.24, 2.45) is 11.8 Å². The molecule has 2 unspecified atom stereocenters. The van der Waals surface area contributed by atoms with Gasteiger partial charge in [0.2, 0.25) is 0 Å². The van der Waals surface area contributed by atoms with Crippen LogP contribution in [-0.4, -0.2) is 65.4 Å². The van der Waals surface area contributed by atoms with Gasteiger partial charge in [0.05, 0.1) is 11.8 Å². The summed E-state index contributed by atoms with van der Waals surface area (Å²) < 4.78 is 0. The maximum absolute atomic E-state index is 10.6. The maximum atomic E-state index is 10.6. The molecule has 6 heteroatoms. The molecule has 0 aliphatic heterocycles. The van der Waals surface area contributed by atoms with Crippen LogP contribution in [0, 0.1) is 11.8 Å². The van der Waals surface area contributed by atoms with Crippen molar-refractivity contribution >= 4 is 49.7 Å². The van der Waals surface area contributed by atoms with Crippen LogP contribution in [0.3, 0.4) is 0 Å². The summed E-state index contributed by atoms with van der Waals surface area (Å²) in [6.07, 6.45) is 2.68. The zero-order valence-corrected chi connectivity index (χ0v) is 7.19. The minimum atomic E-state index is -0.970. The van der Waals surface area contributed by atoms with E-state index in [9.17, 15) is 9.59 Å². The number of carboxylic acid groups (broad SMARTS) is 2. The summed E-state index contributed by atoms with van der Waals surface area (Å²) in [6, 6.07) is 0. The molecule has 0 aromatic heterocycles. The summed E-state index contributed by atoms with van der Waals surface area (Å²) in [6.45, 7) is 0. The van der Waals surface area contributed by atoms with Gasteiger partial charge in [0.1, 0.15) is 0 Å². The quantitative estimate of drug-likeness (QED) is 0.609. The third-order valence-electron chi connectivity index (χ3n) is 2.40. The van der Waals surface area contributed by atoms with Gasteiger partial charge in [-0.3, -0.25) is 9.59 Å². The third kappa shape index (κ3) is 4.13. The van der Waals surface area contributed by atoms with E-state index in [1.807, 2.05) is 0 Å². The number of carboxylic acids is 2. The average molecular weight is 232 g/mol. The summed E-state index contributed by atoms with van der Waals surface area (Å²) >= 11 is 0. The van der Waals surface area contributed by atoms with Gasteiger partial charge in [-0.15, -0.1) is 0 Å². The molecule has 5 nitrogen and oxygen atoms in total. The molecule has 0 amide bonds. The molecular formula is C8H16CaO5. The van der Waals surface area contributed by atoms with Crippen LogP contribution in [-0.2, 0) is 9.59 Å². The van der Waals surface area contributed by atoms with E-state index in [-0.39, 0.29) is 43.2 Å². The van der Waals surface area contributed by atoms with Gasteiger partial charge < -0.3 is 15.7 Å². The summed E-state index contributed by atoms with van der Waals surface area (Å²) in [5, 5.41) is 17.4. The first-order valence-electron chi connectivity index (χ1n) is 4.08. The van der Waals surface area contributed by atoms with Crippen molar-refractivity contribution in [1.82, 2.24) is 0 Å². The fourth-order valence-electron chi connectivity index (χ4n) is 1.72. The Morgan fingerprint density at radius 1 is 0.929 bits per heavy atom. The van der Waals surface area contributed by atoms with Crippen LogP contribution in [0.2, 0.25) is 0 Å². The van der Waals surface area contributed by atoms with Crippen molar-refractivity contribution in [3.63, 3.8) is 0 Å². The van der Waals surface area contributed by atoms with Crippen LogP contribution >= 0.6 is 0 Å². The van der Waals surface area contributed by atoms with Gasteiger partial charge in [0.15, 0.2) is 0 Å². The van der Waals surface area contributed by atoms with Crippen LogP contribution in [0.4, 0.5) is 0 Å². The molecule has 14 heavy (non-hydrogen) atoms. The van der Waals surface area contributed by atoms with Gasteiger partial charge in [-0.25, -0.2) is 0 Å². The molecule has 4 N–H and O–H groups in total. The molecule has 0 radical (unpaired) electrons. The average Bonchev–Trinajstić information content (AvgIpc) is 2.04. The Morgan fingerprint density at radius 2 is 1.21 bits per heavy atom. The summed E-state index contributed by atoms with van der Waals surface area (Å²) in [5.74, 6) is -3.28. The first-order valence-corrected chi connectivity index (χ1v) is 4.08. The van der Waals surface area contributed by atoms with Gasteiger partial charge in [-0.05, 0) is 12.8 Å². The van der Waals surface area contributed by atoms with Gasteiger partial charge in [-0.1, -0.05) is 12.8 Å². The number of hydrogen-bond donors (Lipinski definition) is 2. The predicted octanol–water partition coefficient (Wildman–Crippen LogP) is -0.779. The van der Waals surface area contributed by atoms with Gasteiger partial charge in [0, 0.05) is 0 Å². The second kappa shape index (κ2) is 7.45. The Balaban J connectivity index is 0. The molecule has 0 aromatic carbocycles. The van der Waals surface area contributed by atoms with Crippen molar-refractivity contribution < 1.29 is 25.3 Å². The van der Waals surface area contributed by atoms with Crippen molar-refractivity contribution in [3.8, 4) is 0 Å². The van der Waals surface area contributed by atoms with Gasteiger partial charge >= 0.3 is 49.7 Å². The van der Waals surface area contributed by atoms with Gasteiger partial charge in [-0.2, -0.15) is 0 Å². The van der Waals surface area contributed by atoms with E-state index in [0.29, 0.717) is 12.8 Å². The molecule has 2 atom stereocenters. The molecule has 0 saturated heterocycles. The molecule has 1 aliphatic rings. The molecule has 1 rings (SSSR count). The van der Waals surface area contributed by atoms with E-state index >= 15 is 0 Å². The zero-order chi connectivity index (χ0) is 9.14. The molecule has 1 fully saturated rings. The molecule has 0 bridgehead atoms. The fraction of sp³-hybridized carbons (Fsp3) is 0.750. The second-order valence-corrected chi connectivity index (χ2v) is 3.17. The molecule has 0 spiro atoms. The van der Waals surface area contributed by atoms with E-state index in [0.717, 1.165) is 12.8 Å². The van der Waals surface area contributed by atoms with Crippen molar-refractivity contribution in [2.75, 3.05) is 0 Å². The van der Waals surface area contributed by atoms with E-state index in [4.69, 9.17) is 10.2 Å². The first kappa shape index (κ1) is 16.6. The SMILES string of the molecule is O.O=C(O)C1CCCCC1C(=O)O.[CaH2]. The Hall–Kier alpha value is 0.160. The van der Waals surface area contributed by atoms with Crippen LogP contribution in [0.25, 0.3) is 0 Å². The third-order valence-corrected chi connectivity index (χ3v) is 2.40. The summed E-state index contributed by atoms with van der Waals surface area (Å²) in [7, 11) is 0. The number of carbonyl (C=O) groups is 2. The van der Waals surface area contributed by atoms with Crippen molar-refractivity contribution in [1.29, 1.82) is 0 Å². The number of aliphatic carboxylic acids is 2. The minimum absolute atomic E-state index is 0. The Labute approximate surface area is 112 Å². The van der Waals surface area contributed by atoms with E-state index in [2.05, 4.69) is 0 Å². The summed E-state index contributed by atoms with van der Waals surface area (Å²) in [5.41, 5.74) is 0. The monoisotopic (exact) mass is 232 g/mol. The van der Waals surface area contributed by atoms with Crippen LogP contribution in [0.15, 0.2) is 0 Å². The Morgan fingerprint density at radius 3 is 1.43 bits per heavy atom. The summed E-state index contributed by atoms with van der Waals surface area (Å²) in [4.78, 5) is 21.2. The molecule has 0 aromatic rings. The number of hydrogen-bond acceptors (Lipinski definition) is 2. The second-order valence-electron chi connectivity index (χ2n) is 3.17. The predicted molar refractivity (Wildman–Crippen MR) is 52.9 cm³/mol. The van der Waals surface area contributed by atoms with Crippen molar-refractivity contribution in [2.45, 2.75) is 25.7 Å². The Kier molecular flexibility index (Phi) is 8.83. The topological polar surface area (TPSA) is 106 Å². The van der Waals surface area contributed by atoms with E-state index < -0.39 is 23.8 Å². The molecule has 80 valence electrons. The van der Waals surface area contributed by atoms with E-state index in [1.165, 1.54) is 0 Å². The number of rotatable bonds is 2. The zero-order valence-electron chi connectivity index (χ0n) is 7.19. The van der Waals surface area contributed by atoms with Crippen LogP contribution in [0.5, 0.6) is 0 Å². The first-order chi connectivity index (χ1) is 5.63. The van der Waals surface area contributed by atoms with Crippen LogP contribution in [0.1, 0.15) is 25.7 Å². The standard InChI is InChI=1S/C8H12O4.Ca.H2O.2H/c9-7(10)5-3-1-2-4-6(5)8(11)12;;;;/h5-6H,1-4H2,(H,9,10)(H,11,12);;1H2;;. The molecule has 1 aliphatic carbocycles. The van der Waals surface area contributed by atoms with E-state index in [1.54, 1.807) is 0 Å². The molecule has 0 heterocycles. The van der Waals surface area contributed by atoms with Gasteiger partial charge in [0.25, 0.3) is 0 Å². The van der Waals surface area contributed by atoms with Crippen LogP contribution < -0.4 is 0 Å².